The zero-order valence-corrected chi connectivity index (χ0v) is 26.6. The van der Waals surface area contributed by atoms with Crippen molar-refractivity contribution in [3.05, 3.63) is 100 Å². The minimum atomic E-state index is -3.82. The second kappa shape index (κ2) is 15.2. The van der Waals surface area contributed by atoms with Gasteiger partial charge in [-0.15, -0.1) is 0 Å². The van der Waals surface area contributed by atoms with E-state index in [0.29, 0.717) is 18.7 Å². The number of nitrogens with zero attached hydrogens (tertiary/aromatic N) is 2. The number of rotatable bonds is 14. The molecule has 7 nitrogen and oxygen atoms in total. The molecule has 41 heavy (non-hydrogen) atoms. The number of hydrogen-bond acceptors (Lipinski definition) is 4. The van der Waals surface area contributed by atoms with E-state index in [1.165, 1.54) is 4.90 Å². The van der Waals surface area contributed by atoms with Crippen LogP contribution >= 0.6 is 15.9 Å². The van der Waals surface area contributed by atoms with E-state index in [1.807, 2.05) is 87.5 Å². The summed E-state index contributed by atoms with van der Waals surface area (Å²) in [5.41, 5.74) is 3.02. The number of amides is 2. The number of anilines is 1. The average Bonchev–Trinajstić information content (AvgIpc) is 2.94. The Morgan fingerprint density at radius 3 is 2.15 bits per heavy atom. The first kappa shape index (κ1) is 32.3. The largest absolute Gasteiger partial charge is 0.354 e. The van der Waals surface area contributed by atoms with Crippen molar-refractivity contribution >= 4 is 43.5 Å². The quantitative estimate of drug-likeness (QED) is 0.222. The summed E-state index contributed by atoms with van der Waals surface area (Å²) in [5.74, 6) is -0.677. The van der Waals surface area contributed by atoms with Crippen molar-refractivity contribution in [3.8, 4) is 0 Å². The molecule has 3 aromatic carbocycles. The highest BCUT2D eigenvalue weighted by molar-refractivity contribution is 9.10. The molecular weight excluding hydrogens is 602 g/mol. The molecule has 220 valence electrons. The predicted octanol–water partition coefficient (Wildman–Crippen LogP) is 5.89. The van der Waals surface area contributed by atoms with E-state index in [1.54, 1.807) is 12.1 Å². The summed E-state index contributed by atoms with van der Waals surface area (Å²) in [6.45, 7) is 6.24. The predicted molar refractivity (Wildman–Crippen MR) is 169 cm³/mol. The molecule has 0 bridgehead atoms. The van der Waals surface area contributed by atoms with Gasteiger partial charge in [0.15, 0.2) is 0 Å². The SMILES string of the molecule is CCCCNC(=O)[C@@H](Cc1ccccc1)N(Cc1ccc(Br)cc1)C(=O)CN(c1ccccc1C(C)C)S(C)(=O)=O. The zero-order valence-electron chi connectivity index (χ0n) is 24.2. The van der Waals surface area contributed by atoms with E-state index in [9.17, 15) is 18.0 Å². The maximum atomic E-state index is 14.2. The van der Waals surface area contributed by atoms with Crippen molar-refractivity contribution in [3.63, 3.8) is 0 Å². The van der Waals surface area contributed by atoms with Crippen LogP contribution < -0.4 is 9.62 Å². The lowest BCUT2D eigenvalue weighted by Gasteiger charge is -2.34. The Hall–Kier alpha value is -3.17. The molecule has 3 rings (SSSR count). The number of carbonyl (C=O) groups excluding carboxylic acids is 2. The van der Waals surface area contributed by atoms with Crippen LogP contribution in [0.5, 0.6) is 0 Å². The van der Waals surface area contributed by atoms with Crippen molar-refractivity contribution in [2.75, 3.05) is 23.7 Å². The van der Waals surface area contributed by atoms with Crippen molar-refractivity contribution < 1.29 is 18.0 Å². The number of carbonyl (C=O) groups is 2. The molecule has 0 heterocycles. The van der Waals surface area contributed by atoms with E-state index < -0.39 is 28.5 Å². The lowest BCUT2D eigenvalue weighted by atomic mass is 10.0. The third-order valence-corrected chi connectivity index (χ3v) is 8.53. The molecule has 1 atom stereocenters. The Kier molecular flexibility index (Phi) is 12.0. The monoisotopic (exact) mass is 641 g/mol. The topological polar surface area (TPSA) is 86.8 Å². The van der Waals surface area contributed by atoms with E-state index in [2.05, 4.69) is 21.2 Å². The fourth-order valence-electron chi connectivity index (χ4n) is 4.64. The summed E-state index contributed by atoms with van der Waals surface area (Å²) in [4.78, 5) is 29.4. The number of nitrogens with one attached hydrogen (secondary N) is 1. The first-order valence-electron chi connectivity index (χ1n) is 13.9. The summed E-state index contributed by atoms with van der Waals surface area (Å²) < 4.78 is 28.3. The molecule has 0 saturated heterocycles. The molecule has 0 aliphatic heterocycles. The Bertz CT molecular complexity index is 1400. The van der Waals surface area contributed by atoms with Crippen LogP contribution in [0.25, 0.3) is 0 Å². The highest BCUT2D eigenvalue weighted by Crippen LogP contribution is 2.29. The summed E-state index contributed by atoms with van der Waals surface area (Å²) in [6, 6.07) is 23.5. The standard InChI is InChI=1S/C32H40BrN3O4S/c1-5-6-20-34-32(38)30(21-25-12-8-7-9-13-25)35(22-26-16-18-27(33)19-17-26)31(37)23-36(41(4,39)40)29-15-11-10-14-28(29)24(2)3/h7-19,24,30H,5-6,20-23H2,1-4H3,(H,34,38)/t30-/m1/s1. The van der Waals surface area contributed by atoms with Crippen LogP contribution in [-0.2, 0) is 32.6 Å². The number of benzene rings is 3. The maximum Gasteiger partial charge on any atom is 0.244 e. The highest BCUT2D eigenvalue weighted by Gasteiger charge is 2.33. The van der Waals surface area contributed by atoms with Gasteiger partial charge in [-0.2, -0.15) is 0 Å². The van der Waals surface area contributed by atoms with Gasteiger partial charge in [-0.25, -0.2) is 8.42 Å². The molecule has 2 amide bonds. The zero-order chi connectivity index (χ0) is 30.0. The van der Waals surface area contributed by atoms with Crippen LogP contribution in [0.15, 0.2) is 83.3 Å². The Balaban J connectivity index is 2.06. The van der Waals surface area contributed by atoms with E-state index in [0.717, 1.165) is 44.6 Å². The molecule has 0 spiro atoms. The number of hydrogen-bond donors (Lipinski definition) is 1. The second-order valence-electron chi connectivity index (χ2n) is 10.5. The third-order valence-electron chi connectivity index (χ3n) is 6.87. The Morgan fingerprint density at radius 2 is 1.54 bits per heavy atom. The molecular formula is C32H40BrN3O4S. The van der Waals surface area contributed by atoms with Gasteiger partial charge < -0.3 is 10.2 Å². The first-order valence-corrected chi connectivity index (χ1v) is 16.6. The maximum absolute atomic E-state index is 14.2. The smallest absolute Gasteiger partial charge is 0.244 e. The van der Waals surface area contributed by atoms with Crippen molar-refractivity contribution in [2.24, 2.45) is 0 Å². The number of halogens is 1. The van der Waals surface area contributed by atoms with Gasteiger partial charge in [0.25, 0.3) is 0 Å². The van der Waals surface area contributed by atoms with Crippen LogP contribution in [0.1, 0.15) is 56.2 Å². The van der Waals surface area contributed by atoms with Gasteiger partial charge in [-0.3, -0.25) is 13.9 Å². The van der Waals surface area contributed by atoms with Gasteiger partial charge in [0, 0.05) is 24.0 Å². The van der Waals surface area contributed by atoms with E-state index in [-0.39, 0.29) is 18.4 Å². The number of para-hydroxylation sites is 1. The normalized spacial score (nSPS) is 12.1. The van der Waals surface area contributed by atoms with Crippen molar-refractivity contribution in [2.45, 2.75) is 58.5 Å². The van der Waals surface area contributed by atoms with Crippen LogP contribution in [0, 0.1) is 0 Å². The summed E-state index contributed by atoms with van der Waals surface area (Å²) in [5, 5.41) is 3.00. The molecule has 0 aliphatic rings. The highest BCUT2D eigenvalue weighted by atomic mass is 79.9. The van der Waals surface area contributed by atoms with Gasteiger partial charge >= 0.3 is 0 Å². The third kappa shape index (κ3) is 9.43. The lowest BCUT2D eigenvalue weighted by Crippen LogP contribution is -2.53. The van der Waals surface area contributed by atoms with Gasteiger partial charge in [0.2, 0.25) is 21.8 Å². The molecule has 0 unspecified atom stereocenters. The van der Waals surface area contributed by atoms with Crippen LogP contribution in [0.2, 0.25) is 0 Å². The molecule has 9 heteroatoms. The molecule has 0 aliphatic carbocycles. The van der Waals surface area contributed by atoms with Gasteiger partial charge in [-0.05, 0) is 47.2 Å². The molecule has 0 saturated carbocycles. The first-order chi connectivity index (χ1) is 19.5. The molecule has 0 radical (unpaired) electrons. The average molecular weight is 643 g/mol. The Labute approximate surface area is 253 Å². The lowest BCUT2D eigenvalue weighted by molar-refractivity contribution is -0.140. The fourth-order valence-corrected chi connectivity index (χ4v) is 5.78. The summed E-state index contributed by atoms with van der Waals surface area (Å²) >= 11 is 3.45. The molecule has 3 aromatic rings. The van der Waals surface area contributed by atoms with E-state index in [4.69, 9.17) is 0 Å². The van der Waals surface area contributed by atoms with Gasteiger partial charge in [0.05, 0.1) is 11.9 Å². The van der Waals surface area contributed by atoms with Gasteiger partial charge in [-0.1, -0.05) is 104 Å². The Morgan fingerprint density at radius 1 is 0.902 bits per heavy atom. The van der Waals surface area contributed by atoms with Gasteiger partial charge in [0.1, 0.15) is 12.6 Å². The summed E-state index contributed by atoms with van der Waals surface area (Å²) in [7, 11) is -3.82. The summed E-state index contributed by atoms with van der Waals surface area (Å²) in [6.07, 6.45) is 3.14. The molecule has 0 aromatic heterocycles. The van der Waals surface area contributed by atoms with Crippen LogP contribution in [-0.4, -0.2) is 50.5 Å². The number of sulfonamides is 1. The van der Waals surface area contributed by atoms with Crippen LogP contribution in [0.3, 0.4) is 0 Å². The fraction of sp³-hybridized carbons (Fsp3) is 0.375. The van der Waals surface area contributed by atoms with Crippen LogP contribution in [0.4, 0.5) is 5.69 Å². The second-order valence-corrected chi connectivity index (χ2v) is 13.3. The molecule has 0 fully saturated rings. The number of unbranched alkanes of at least 4 members (excludes halogenated alkanes) is 1. The van der Waals surface area contributed by atoms with Crippen molar-refractivity contribution in [1.29, 1.82) is 0 Å². The van der Waals surface area contributed by atoms with Crippen molar-refractivity contribution in [1.82, 2.24) is 10.2 Å². The minimum absolute atomic E-state index is 0.0413. The minimum Gasteiger partial charge on any atom is -0.354 e. The molecule has 1 N–H and O–H groups in total. The van der Waals surface area contributed by atoms with E-state index >= 15 is 0 Å².